The normalized spacial score (nSPS) is 41.5. The quantitative estimate of drug-likeness (QED) is 0.637. The summed E-state index contributed by atoms with van der Waals surface area (Å²) in [6.07, 6.45) is 6.16. The van der Waals surface area contributed by atoms with Gasteiger partial charge in [-0.25, -0.2) is 0 Å². The van der Waals surface area contributed by atoms with Crippen LogP contribution in [-0.4, -0.2) is 45.1 Å². The molecular formula is C23H27ClO7. The summed E-state index contributed by atoms with van der Waals surface area (Å²) in [7, 11) is 0. The highest BCUT2D eigenvalue weighted by atomic mass is 35.5. The Morgan fingerprint density at radius 1 is 1.29 bits per heavy atom. The Balaban J connectivity index is 1.79. The molecule has 8 heteroatoms. The molecule has 2 saturated heterocycles. The highest BCUT2D eigenvalue weighted by molar-refractivity contribution is 6.45. The van der Waals surface area contributed by atoms with Crippen molar-refractivity contribution in [1.82, 2.24) is 0 Å². The minimum atomic E-state index is -1.87. The largest absolute Gasteiger partial charge is 0.465 e. The van der Waals surface area contributed by atoms with Crippen LogP contribution >= 0.6 is 11.6 Å². The maximum atomic E-state index is 13.3. The highest BCUT2D eigenvalue weighted by Crippen LogP contribution is 2.60. The highest BCUT2D eigenvalue weighted by Gasteiger charge is 2.72. The number of allylic oxidation sites excluding steroid dienone is 3. The van der Waals surface area contributed by atoms with Crippen LogP contribution in [0, 0.1) is 17.8 Å². The molecule has 3 aliphatic heterocycles. The molecule has 7 atom stereocenters. The van der Waals surface area contributed by atoms with Gasteiger partial charge in [0, 0.05) is 23.0 Å². The van der Waals surface area contributed by atoms with Gasteiger partial charge in [-0.2, -0.15) is 0 Å². The van der Waals surface area contributed by atoms with Gasteiger partial charge in [0.15, 0.2) is 5.79 Å². The first-order valence-electron chi connectivity index (χ1n) is 10.4. The summed E-state index contributed by atoms with van der Waals surface area (Å²) in [6.45, 7) is 8.46. The third-order valence-corrected chi connectivity index (χ3v) is 7.50. The lowest BCUT2D eigenvalue weighted by Gasteiger charge is -2.42. The fraction of sp³-hybridized carbons (Fsp3) is 0.565. The van der Waals surface area contributed by atoms with Gasteiger partial charge in [-0.15, -0.1) is 0 Å². The molecule has 0 radical (unpaired) electrons. The van der Waals surface area contributed by atoms with Crippen molar-refractivity contribution in [2.75, 3.05) is 0 Å². The van der Waals surface area contributed by atoms with E-state index in [1.807, 2.05) is 6.92 Å². The number of cyclic esters (lactones) is 1. The first-order chi connectivity index (χ1) is 14.4. The van der Waals surface area contributed by atoms with Crippen molar-refractivity contribution < 1.29 is 34.0 Å². The van der Waals surface area contributed by atoms with Crippen molar-refractivity contribution >= 4 is 23.4 Å². The summed E-state index contributed by atoms with van der Waals surface area (Å²) in [5, 5.41) is 21.5. The Morgan fingerprint density at radius 3 is 2.61 bits per heavy atom. The number of rotatable bonds is 3. The van der Waals surface area contributed by atoms with Gasteiger partial charge in [-0.1, -0.05) is 25.4 Å². The number of ether oxygens (including phenoxy) is 3. The van der Waals surface area contributed by atoms with Gasteiger partial charge < -0.3 is 24.4 Å². The van der Waals surface area contributed by atoms with Crippen LogP contribution in [0.25, 0.3) is 0 Å². The van der Waals surface area contributed by atoms with Crippen LogP contribution in [0.5, 0.6) is 0 Å². The summed E-state index contributed by atoms with van der Waals surface area (Å²) in [5.74, 6) is -5.11. The molecule has 31 heavy (non-hydrogen) atoms. The van der Waals surface area contributed by atoms with E-state index in [4.69, 9.17) is 25.8 Å². The Morgan fingerprint density at radius 2 is 1.97 bits per heavy atom. The molecule has 2 fully saturated rings. The van der Waals surface area contributed by atoms with Gasteiger partial charge in [-0.3, -0.25) is 9.59 Å². The van der Waals surface area contributed by atoms with E-state index in [0.717, 1.165) is 0 Å². The van der Waals surface area contributed by atoms with Crippen LogP contribution in [0.4, 0.5) is 0 Å². The number of Topliss-reactive ketones (excluding diaryl/α,β-unsaturated/α-hetero) is 1. The number of hydrogen-bond donors (Lipinski definition) is 2. The number of fused-ring (bicyclic) bond motifs is 5. The topological polar surface area (TPSA) is 102 Å². The zero-order chi connectivity index (χ0) is 22.9. The van der Waals surface area contributed by atoms with Crippen molar-refractivity contribution in [3.63, 3.8) is 0 Å². The molecule has 0 saturated carbocycles. The monoisotopic (exact) mass is 450 g/mol. The Hall–Kier alpha value is -1.93. The lowest BCUT2D eigenvalue weighted by atomic mass is 9.65. The molecule has 0 aromatic carbocycles. The molecule has 0 aromatic heterocycles. The minimum Gasteiger partial charge on any atom is -0.465 e. The molecule has 3 heterocycles. The summed E-state index contributed by atoms with van der Waals surface area (Å²) in [5.41, 5.74) is -1.66. The van der Waals surface area contributed by atoms with Crippen LogP contribution in [0.1, 0.15) is 41.0 Å². The van der Waals surface area contributed by atoms with Crippen molar-refractivity contribution in [3.8, 4) is 0 Å². The SMILES string of the molecule is CCC(C)(O)/C=C/C1=CC2=C(Cl)C(=O)[C@@]3(C)O[C@]4(O)[C@H](C)[C@@H](C)OC(=O)[C@@H]4[C@H]3C2=CO1. The predicted octanol–water partition coefficient (Wildman–Crippen LogP) is 2.87. The molecule has 0 amide bonds. The lowest BCUT2D eigenvalue weighted by Crippen LogP contribution is -2.56. The molecule has 0 bridgehead atoms. The van der Waals surface area contributed by atoms with E-state index < -0.39 is 52.6 Å². The summed E-state index contributed by atoms with van der Waals surface area (Å²) in [6, 6.07) is 0. The van der Waals surface area contributed by atoms with Crippen LogP contribution in [0.15, 0.2) is 46.4 Å². The number of hydrogen-bond acceptors (Lipinski definition) is 7. The van der Waals surface area contributed by atoms with Gasteiger partial charge in [-0.05, 0) is 45.4 Å². The molecule has 4 aliphatic rings. The maximum Gasteiger partial charge on any atom is 0.315 e. The van der Waals surface area contributed by atoms with E-state index >= 15 is 0 Å². The summed E-state index contributed by atoms with van der Waals surface area (Å²) >= 11 is 6.46. The second kappa shape index (κ2) is 7.04. The molecule has 0 spiro atoms. The molecule has 1 unspecified atom stereocenters. The number of aliphatic hydroxyl groups is 2. The van der Waals surface area contributed by atoms with Gasteiger partial charge in [0.25, 0.3) is 0 Å². The number of carbonyl (C=O) groups excluding carboxylic acids is 2. The van der Waals surface area contributed by atoms with Crippen molar-refractivity contribution in [3.05, 3.63) is 46.4 Å². The van der Waals surface area contributed by atoms with E-state index in [9.17, 15) is 19.8 Å². The smallest absolute Gasteiger partial charge is 0.315 e. The molecule has 168 valence electrons. The summed E-state index contributed by atoms with van der Waals surface area (Å²) < 4.78 is 17.2. The van der Waals surface area contributed by atoms with Crippen LogP contribution in [0.3, 0.4) is 0 Å². The first kappa shape index (κ1) is 22.3. The fourth-order valence-corrected chi connectivity index (χ4v) is 5.11. The Bertz CT molecular complexity index is 974. The molecule has 0 aromatic rings. The van der Waals surface area contributed by atoms with E-state index in [1.165, 1.54) is 6.26 Å². The van der Waals surface area contributed by atoms with Crippen LogP contribution < -0.4 is 0 Å². The lowest BCUT2D eigenvalue weighted by molar-refractivity contribution is -0.286. The number of carbonyl (C=O) groups is 2. The fourth-order valence-electron chi connectivity index (χ4n) is 4.76. The Kier molecular flexibility index (Phi) is 5.05. The van der Waals surface area contributed by atoms with E-state index in [1.54, 1.807) is 45.9 Å². The van der Waals surface area contributed by atoms with E-state index in [-0.39, 0.29) is 5.03 Å². The van der Waals surface area contributed by atoms with Gasteiger partial charge in [0.05, 0.1) is 16.9 Å². The molecule has 7 nitrogen and oxygen atoms in total. The number of halogens is 1. The Labute approximate surface area is 186 Å². The third kappa shape index (κ3) is 3.13. The molecule has 4 rings (SSSR count). The van der Waals surface area contributed by atoms with Crippen LogP contribution in [-0.2, 0) is 23.8 Å². The second-order valence-electron chi connectivity index (χ2n) is 9.19. The van der Waals surface area contributed by atoms with Crippen molar-refractivity contribution in [1.29, 1.82) is 0 Å². The van der Waals surface area contributed by atoms with E-state index in [2.05, 4.69) is 0 Å². The van der Waals surface area contributed by atoms with Crippen LogP contribution in [0.2, 0.25) is 0 Å². The van der Waals surface area contributed by atoms with Crippen molar-refractivity contribution in [2.45, 2.75) is 64.1 Å². The summed E-state index contributed by atoms with van der Waals surface area (Å²) in [4.78, 5) is 26.2. The van der Waals surface area contributed by atoms with Gasteiger partial charge in [0.2, 0.25) is 5.78 Å². The molecular weight excluding hydrogens is 424 g/mol. The molecule has 2 N–H and O–H groups in total. The average Bonchev–Trinajstić information content (AvgIpc) is 2.98. The standard InChI is InChI=1S/C23H27ClO7/c1-6-21(4,27)8-7-13-9-14-15(10-29-13)16-17-20(26)30-12(3)11(2)23(17,28)31-22(16,5)19(25)18(14)24/h7-12,16-17,27-28H,6H2,1-5H3/b8-7+/t11-,12-,16-,17+,21?,22+,23-/m1/s1. The first-order valence-corrected chi connectivity index (χ1v) is 10.8. The number of ketones is 1. The van der Waals surface area contributed by atoms with E-state index in [0.29, 0.717) is 23.3 Å². The van der Waals surface area contributed by atoms with Gasteiger partial charge >= 0.3 is 5.97 Å². The second-order valence-corrected chi connectivity index (χ2v) is 9.56. The van der Waals surface area contributed by atoms with Gasteiger partial charge in [0.1, 0.15) is 23.4 Å². The van der Waals surface area contributed by atoms with Crippen molar-refractivity contribution in [2.24, 2.45) is 17.8 Å². The minimum absolute atomic E-state index is 0.0576. The predicted molar refractivity (Wildman–Crippen MR) is 111 cm³/mol. The molecule has 1 aliphatic carbocycles. The average molecular weight is 451 g/mol. The zero-order valence-corrected chi connectivity index (χ0v) is 18.9. The third-order valence-electron chi connectivity index (χ3n) is 7.12. The zero-order valence-electron chi connectivity index (χ0n) is 18.1. The maximum absolute atomic E-state index is 13.3. The number of esters is 1.